The number of hydrogen-bond acceptors (Lipinski definition) is 4. The van der Waals surface area contributed by atoms with Crippen LogP contribution >= 0.6 is 23.2 Å². The zero-order valence-corrected chi connectivity index (χ0v) is 21.8. The van der Waals surface area contributed by atoms with Gasteiger partial charge in [0.15, 0.2) is 0 Å². The first-order chi connectivity index (χ1) is 17.9. The minimum atomic E-state index is -0.374. The van der Waals surface area contributed by atoms with Crippen molar-refractivity contribution in [1.82, 2.24) is 20.2 Å². The Balaban J connectivity index is 1.24. The minimum Gasteiger partial charge on any atom is -0.383 e. The molecule has 3 N–H and O–H groups in total. The number of rotatable bonds is 7. The van der Waals surface area contributed by atoms with E-state index in [9.17, 15) is 9.59 Å². The lowest BCUT2D eigenvalue weighted by Gasteiger charge is -2.26. The summed E-state index contributed by atoms with van der Waals surface area (Å²) < 4.78 is 0. The second-order valence-corrected chi connectivity index (χ2v) is 10.1. The number of aromatic nitrogens is 2. The van der Waals surface area contributed by atoms with Crippen molar-refractivity contribution in [3.63, 3.8) is 0 Å². The Bertz CT molecular complexity index is 1440. The highest BCUT2D eigenvalue weighted by atomic mass is 35.5. The van der Waals surface area contributed by atoms with Gasteiger partial charge in [-0.3, -0.25) is 9.59 Å². The Morgan fingerprint density at radius 1 is 1.11 bits per heavy atom. The molecule has 0 aliphatic carbocycles. The molecule has 3 aromatic carbocycles. The van der Waals surface area contributed by atoms with E-state index in [0.29, 0.717) is 35.1 Å². The first-order valence-corrected chi connectivity index (χ1v) is 13.0. The number of para-hydroxylation sites is 1. The summed E-state index contributed by atoms with van der Waals surface area (Å²) in [6, 6.07) is 19.8. The van der Waals surface area contributed by atoms with E-state index in [0.717, 1.165) is 29.6 Å². The lowest BCUT2D eigenvalue weighted by molar-refractivity contribution is 0.0743. The van der Waals surface area contributed by atoms with Gasteiger partial charge in [-0.05, 0) is 68.3 Å². The maximum absolute atomic E-state index is 13.3. The van der Waals surface area contributed by atoms with Crippen molar-refractivity contribution in [3.8, 4) is 0 Å². The van der Waals surface area contributed by atoms with E-state index in [1.165, 1.54) is 0 Å². The Morgan fingerprint density at radius 2 is 1.92 bits per heavy atom. The smallest absolute Gasteiger partial charge is 0.255 e. The molecule has 2 heterocycles. The SMILES string of the molecule is C[C@@H](NC(=O)c1ccc(C(=O)N2CCC[C@@H]2CNc2ccccc2)c(Cl)c1)c1nc2ccc(Cl)cc2[nH]1. The number of likely N-dealkylation sites (tertiary alicyclic amines) is 1. The van der Waals surface area contributed by atoms with Crippen LogP contribution in [-0.2, 0) is 0 Å². The predicted octanol–water partition coefficient (Wildman–Crippen LogP) is 6.08. The number of nitrogens with zero attached hydrogens (tertiary/aromatic N) is 2. The molecule has 0 bridgehead atoms. The van der Waals surface area contributed by atoms with Crippen molar-refractivity contribution in [2.45, 2.75) is 31.8 Å². The average molecular weight is 536 g/mol. The van der Waals surface area contributed by atoms with E-state index in [4.69, 9.17) is 23.2 Å². The molecule has 2 amide bonds. The van der Waals surface area contributed by atoms with Crippen LogP contribution in [0.25, 0.3) is 11.0 Å². The quantitative estimate of drug-likeness (QED) is 0.267. The summed E-state index contributed by atoms with van der Waals surface area (Å²) in [7, 11) is 0. The molecule has 1 aliphatic rings. The zero-order valence-electron chi connectivity index (χ0n) is 20.3. The molecule has 190 valence electrons. The highest BCUT2D eigenvalue weighted by Gasteiger charge is 2.30. The molecule has 1 saturated heterocycles. The summed E-state index contributed by atoms with van der Waals surface area (Å²) in [5.41, 5.74) is 3.36. The van der Waals surface area contributed by atoms with Gasteiger partial charge in [0.05, 0.1) is 27.7 Å². The van der Waals surface area contributed by atoms with E-state index in [2.05, 4.69) is 20.6 Å². The summed E-state index contributed by atoms with van der Waals surface area (Å²) in [6.07, 6.45) is 1.87. The van der Waals surface area contributed by atoms with Crippen LogP contribution in [0.4, 0.5) is 5.69 Å². The second-order valence-electron chi connectivity index (χ2n) is 9.21. The zero-order chi connectivity index (χ0) is 25.9. The maximum atomic E-state index is 13.3. The van der Waals surface area contributed by atoms with Gasteiger partial charge < -0.3 is 20.5 Å². The number of fused-ring (bicyclic) bond motifs is 1. The van der Waals surface area contributed by atoms with Gasteiger partial charge in [-0.15, -0.1) is 0 Å². The van der Waals surface area contributed by atoms with Gasteiger partial charge >= 0.3 is 0 Å². The van der Waals surface area contributed by atoms with Crippen LogP contribution in [0.5, 0.6) is 0 Å². The standard InChI is InChI=1S/C28H27Cl2N5O2/c1-17(26-33-24-12-10-19(29)15-25(24)34-26)32-27(36)18-9-11-22(23(30)14-18)28(37)35-13-5-8-21(35)16-31-20-6-3-2-4-7-20/h2-4,6-7,9-12,14-15,17,21,31H,5,8,13,16H2,1H3,(H,32,36)(H,33,34)/t17-,21-/m1/s1. The van der Waals surface area contributed by atoms with Gasteiger partial charge in [0, 0.05) is 35.4 Å². The van der Waals surface area contributed by atoms with Crippen molar-refractivity contribution in [1.29, 1.82) is 0 Å². The van der Waals surface area contributed by atoms with E-state index < -0.39 is 0 Å². The molecule has 1 aliphatic heterocycles. The summed E-state index contributed by atoms with van der Waals surface area (Å²) in [4.78, 5) is 35.8. The molecule has 37 heavy (non-hydrogen) atoms. The molecule has 0 radical (unpaired) electrons. The highest BCUT2D eigenvalue weighted by Crippen LogP contribution is 2.26. The number of amides is 2. The van der Waals surface area contributed by atoms with E-state index >= 15 is 0 Å². The van der Waals surface area contributed by atoms with Gasteiger partial charge in [0.25, 0.3) is 11.8 Å². The van der Waals surface area contributed by atoms with Gasteiger partial charge in [0.1, 0.15) is 5.82 Å². The number of carbonyl (C=O) groups excluding carboxylic acids is 2. The van der Waals surface area contributed by atoms with Crippen LogP contribution < -0.4 is 10.6 Å². The molecular formula is C28H27Cl2N5O2. The van der Waals surface area contributed by atoms with Gasteiger partial charge in [-0.1, -0.05) is 41.4 Å². The van der Waals surface area contributed by atoms with Gasteiger partial charge in [-0.25, -0.2) is 4.98 Å². The van der Waals surface area contributed by atoms with E-state index in [-0.39, 0.29) is 28.9 Å². The number of halogens is 2. The van der Waals surface area contributed by atoms with Crippen LogP contribution in [-0.4, -0.2) is 45.8 Å². The highest BCUT2D eigenvalue weighted by molar-refractivity contribution is 6.34. The largest absolute Gasteiger partial charge is 0.383 e. The molecule has 4 aromatic rings. The molecule has 1 aromatic heterocycles. The number of aromatic amines is 1. The van der Waals surface area contributed by atoms with Crippen LogP contribution in [0.1, 0.15) is 52.3 Å². The van der Waals surface area contributed by atoms with Crippen molar-refractivity contribution in [3.05, 3.63) is 93.7 Å². The molecular weight excluding hydrogens is 509 g/mol. The first-order valence-electron chi connectivity index (χ1n) is 12.2. The summed E-state index contributed by atoms with van der Waals surface area (Å²) in [5, 5.41) is 7.20. The van der Waals surface area contributed by atoms with E-state index in [1.807, 2.05) is 48.2 Å². The number of H-pyrrole nitrogens is 1. The lowest BCUT2D eigenvalue weighted by Crippen LogP contribution is -2.39. The monoisotopic (exact) mass is 535 g/mol. The summed E-state index contributed by atoms with van der Waals surface area (Å²) in [6.45, 7) is 3.19. The molecule has 1 fully saturated rings. The number of carbonyl (C=O) groups is 2. The Hall–Kier alpha value is -3.55. The normalized spacial score (nSPS) is 16.1. The summed E-state index contributed by atoms with van der Waals surface area (Å²) in [5.74, 6) is 0.189. The van der Waals surface area contributed by atoms with Gasteiger partial charge in [0.2, 0.25) is 0 Å². The molecule has 0 unspecified atom stereocenters. The predicted molar refractivity (Wildman–Crippen MR) is 147 cm³/mol. The third kappa shape index (κ3) is 5.58. The fourth-order valence-corrected chi connectivity index (χ4v) is 5.08. The van der Waals surface area contributed by atoms with Crippen LogP contribution in [0, 0.1) is 0 Å². The number of benzene rings is 3. The Labute approximate surface area is 225 Å². The van der Waals surface area contributed by atoms with Gasteiger partial charge in [-0.2, -0.15) is 0 Å². The number of imidazole rings is 1. The fourth-order valence-electron chi connectivity index (χ4n) is 4.65. The molecule has 0 saturated carbocycles. The first kappa shape index (κ1) is 25.1. The fraction of sp³-hybridized carbons (Fsp3) is 0.250. The van der Waals surface area contributed by atoms with Crippen molar-refractivity contribution in [2.75, 3.05) is 18.4 Å². The van der Waals surface area contributed by atoms with E-state index in [1.54, 1.807) is 30.3 Å². The van der Waals surface area contributed by atoms with Crippen LogP contribution in [0.2, 0.25) is 10.0 Å². The Kier molecular flexibility index (Phi) is 7.35. The number of nitrogens with one attached hydrogen (secondary N) is 3. The third-order valence-electron chi connectivity index (χ3n) is 6.64. The molecule has 9 heteroatoms. The van der Waals surface area contributed by atoms with Crippen molar-refractivity contribution >= 4 is 51.7 Å². The third-order valence-corrected chi connectivity index (χ3v) is 7.18. The maximum Gasteiger partial charge on any atom is 0.255 e. The van der Waals surface area contributed by atoms with Crippen molar-refractivity contribution in [2.24, 2.45) is 0 Å². The van der Waals surface area contributed by atoms with Crippen LogP contribution in [0.15, 0.2) is 66.7 Å². The topological polar surface area (TPSA) is 90.1 Å². The van der Waals surface area contributed by atoms with Crippen LogP contribution in [0.3, 0.4) is 0 Å². The molecule has 2 atom stereocenters. The Morgan fingerprint density at radius 3 is 2.70 bits per heavy atom. The minimum absolute atomic E-state index is 0.0753. The number of anilines is 1. The summed E-state index contributed by atoms with van der Waals surface area (Å²) >= 11 is 12.6. The number of hydrogen-bond donors (Lipinski definition) is 3. The van der Waals surface area contributed by atoms with Crippen molar-refractivity contribution < 1.29 is 9.59 Å². The molecule has 7 nitrogen and oxygen atoms in total. The lowest BCUT2D eigenvalue weighted by atomic mass is 10.1. The average Bonchev–Trinajstić information content (AvgIpc) is 3.54. The second kappa shape index (κ2) is 10.8. The molecule has 5 rings (SSSR count). The molecule has 0 spiro atoms.